The van der Waals surface area contributed by atoms with Gasteiger partial charge in [-0.2, -0.15) is 0 Å². The average molecular weight is 199 g/mol. The van der Waals surface area contributed by atoms with Crippen LogP contribution in [0.2, 0.25) is 0 Å². The third-order valence-corrected chi connectivity index (χ3v) is 2.50. The van der Waals surface area contributed by atoms with Gasteiger partial charge in [-0.25, -0.2) is 0 Å². The van der Waals surface area contributed by atoms with Crippen molar-refractivity contribution in [2.24, 2.45) is 11.8 Å². The number of carbonyl (C=O) groups is 1. The number of nitrogens with one attached hydrogen (secondary N) is 1. The lowest BCUT2D eigenvalue weighted by Crippen LogP contribution is -2.39. The van der Waals surface area contributed by atoms with E-state index in [1.165, 1.54) is 0 Å². The van der Waals surface area contributed by atoms with Crippen LogP contribution < -0.4 is 0 Å². The fourth-order valence-corrected chi connectivity index (χ4v) is 1.61. The van der Waals surface area contributed by atoms with Gasteiger partial charge in [0.1, 0.15) is 0 Å². The van der Waals surface area contributed by atoms with Crippen molar-refractivity contribution < 1.29 is 14.3 Å². The number of hydrogen-bond donors (Lipinski definition) is 1. The molecule has 1 aliphatic rings. The fourth-order valence-electron chi connectivity index (χ4n) is 1.61. The lowest BCUT2D eigenvalue weighted by molar-refractivity contribution is -0.152. The smallest absolute Gasteiger partial charge is 0.309 e. The minimum Gasteiger partial charge on any atom is -0.481 e. The van der Waals surface area contributed by atoms with Crippen LogP contribution in [-0.2, 0) is 14.3 Å². The summed E-state index contributed by atoms with van der Waals surface area (Å²) in [6, 6.07) is 0. The van der Waals surface area contributed by atoms with Crippen molar-refractivity contribution in [1.82, 2.24) is 0 Å². The van der Waals surface area contributed by atoms with Crippen LogP contribution in [0.15, 0.2) is 0 Å². The van der Waals surface area contributed by atoms with Crippen LogP contribution in [0.5, 0.6) is 0 Å². The van der Waals surface area contributed by atoms with E-state index in [0.29, 0.717) is 13.2 Å². The molecule has 2 unspecified atom stereocenters. The fraction of sp³-hybridized carbons (Fsp3) is 0.800. The molecular formula is C10H17NO3. The zero-order valence-electron chi connectivity index (χ0n) is 8.71. The summed E-state index contributed by atoms with van der Waals surface area (Å²) in [5.41, 5.74) is 0. The molecule has 0 aromatic rings. The molecule has 4 heteroatoms. The van der Waals surface area contributed by atoms with Gasteiger partial charge in [-0.05, 0) is 26.7 Å². The van der Waals surface area contributed by atoms with Crippen molar-refractivity contribution in [3.05, 3.63) is 0 Å². The second-order valence-electron chi connectivity index (χ2n) is 3.34. The first kappa shape index (κ1) is 11.0. The monoisotopic (exact) mass is 199 g/mol. The van der Waals surface area contributed by atoms with E-state index in [0.717, 1.165) is 12.8 Å². The third kappa shape index (κ3) is 2.25. The van der Waals surface area contributed by atoms with Crippen LogP contribution >= 0.6 is 0 Å². The highest BCUT2D eigenvalue weighted by atomic mass is 16.5. The van der Waals surface area contributed by atoms with Gasteiger partial charge < -0.3 is 9.47 Å². The van der Waals surface area contributed by atoms with E-state index in [9.17, 15) is 4.79 Å². The van der Waals surface area contributed by atoms with E-state index in [1.807, 2.05) is 6.92 Å². The van der Waals surface area contributed by atoms with Crippen LogP contribution in [0.25, 0.3) is 0 Å². The molecule has 1 N–H and O–H groups in total. The summed E-state index contributed by atoms with van der Waals surface area (Å²) in [6.07, 6.45) is 1.68. The summed E-state index contributed by atoms with van der Waals surface area (Å²) in [4.78, 5) is 11.4. The Balaban J connectivity index is 2.41. The Bertz CT molecular complexity index is 203. The molecular weight excluding hydrogens is 182 g/mol. The van der Waals surface area contributed by atoms with Crippen molar-refractivity contribution in [1.29, 1.82) is 5.41 Å². The highest BCUT2D eigenvalue weighted by Crippen LogP contribution is 2.36. The molecule has 1 aliphatic carbocycles. The van der Waals surface area contributed by atoms with E-state index in [2.05, 4.69) is 0 Å². The zero-order valence-corrected chi connectivity index (χ0v) is 8.71. The highest BCUT2D eigenvalue weighted by molar-refractivity contribution is 5.85. The lowest BCUT2D eigenvalue weighted by atomic mass is 9.73. The summed E-state index contributed by atoms with van der Waals surface area (Å²) in [5, 5.41) is 7.57. The van der Waals surface area contributed by atoms with E-state index in [4.69, 9.17) is 14.9 Å². The molecule has 0 bridgehead atoms. The van der Waals surface area contributed by atoms with Crippen LogP contribution in [0.1, 0.15) is 26.7 Å². The lowest BCUT2D eigenvalue weighted by Gasteiger charge is -2.34. The Morgan fingerprint density at radius 2 is 1.79 bits per heavy atom. The zero-order chi connectivity index (χ0) is 10.6. The average Bonchev–Trinajstić information content (AvgIpc) is 2.02. The number of rotatable bonds is 4. The molecule has 0 aromatic carbocycles. The van der Waals surface area contributed by atoms with Gasteiger partial charge in [0.05, 0.1) is 19.1 Å². The topological polar surface area (TPSA) is 59.4 Å². The molecule has 14 heavy (non-hydrogen) atoms. The molecule has 0 radical (unpaired) electrons. The summed E-state index contributed by atoms with van der Waals surface area (Å²) < 4.78 is 9.99. The second-order valence-corrected chi connectivity index (χ2v) is 3.34. The Labute approximate surface area is 84.1 Å². The maximum Gasteiger partial charge on any atom is 0.309 e. The molecule has 1 saturated carbocycles. The van der Waals surface area contributed by atoms with E-state index in [1.54, 1.807) is 6.92 Å². The normalized spacial score (nSPS) is 25.0. The van der Waals surface area contributed by atoms with E-state index in [-0.39, 0.29) is 23.7 Å². The van der Waals surface area contributed by atoms with Gasteiger partial charge in [0, 0.05) is 5.92 Å². The maximum absolute atomic E-state index is 11.4. The van der Waals surface area contributed by atoms with Gasteiger partial charge >= 0.3 is 5.97 Å². The Morgan fingerprint density at radius 3 is 2.21 bits per heavy atom. The molecule has 0 amide bonds. The van der Waals surface area contributed by atoms with Gasteiger partial charge in [0.15, 0.2) is 5.90 Å². The summed E-state index contributed by atoms with van der Waals surface area (Å²) in [6.45, 7) is 4.53. The highest BCUT2D eigenvalue weighted by Gasteiger charge is 2.41. The Hall–Kier alpha value is -1.06. The largest absolute Gasteiger partial charge is 0.481 e. The summed E-state index contributed by atoms with van der Waals surface area (Å²) in [7, 11) is 0. The molecule has 0 aliphatic heterocycles. The summed E-state index contributed by atoms with van der Waals surface area (Å²) in [5.74, 6) is -0.145. The number of esters is 1. The molecule has 2 atom stereocenters. The first-order valence-electron chi connectivity index (χ1n) is 5.08. The second kappa shape index (κ2) is 4.98. The quantitative estimate of drug-likeness (QED) is 0.425. The predicted molar refractivity (Wildman–Crippen MR) is 52.2 cm³/mol. The predicted octanol–water partition coefficient (Wildman–Crippen LogP) is 1.59. The SMILES string of the molecule is CCOC(=N)C1CCC1C(=O)OCC. The molecule has 1 fully saturated rings. The van der Waals surface area contributed by atoms with Gasteiger partial charge in [-0.15, -0.1) is 0 Å². The van der Waals surface area contributed by atoms with Crippen molar-refractivity contribution in [2.45, 2.75) is 26.7 Å². The Kier molecular flexibility index (Phi) is 3.92. The van der Waals surface area contributed by atoms with E-state index >= 15 is 0 Å². The number of carbonyl (C=O) groups excluding carboxylic acids is 1. The van der Waals surface area contributed by atoms with Crippen molar-refractivity contribution in [3.63, 3.8) is 0 Å². The molecule has 1 rings (SSSR count). The molecule has 0 aromatic heterocycles. The van der Waals surface area contributed by atoms with Crippen LogP contribution in [0.4, 0.5) is 0 Å². The minimum atomic E-state index is -0.187. The van der Waals surface area contributed by atoms with Gasteiger partial charge in [-0.1, -0.05) is 0 Å². The van der Waals surface area contributed by atoms with Crippen molar-refractivity contribution in [3.8, 4) is 0 Å². The van der Waals surface area contributed by atoms with Crippen LogP contribution in [0.3, 0.4) is 0 Å². The first-order chi connectivity index (χ1) is 6.70. The maximum atomic E-state index is 11.4. The third-order valence-electron chi connectivity index (χ3n) is 2.50. The standard InChI is InChI=1S/C10H17NO3/c1-3-13-9(11)7-5-6-8(7)10(12)14-4-2/h7-8,11H,3-6H2,1-2H3. The summed E-state index contributed by atoms with van der Waals surface area (Å²) >= 11 is 0. The van der Waals surface area contributed by atoms with Gasteiger partial charge in [-0.3, -0.25) is 10.2 Å². The van der Waals surface area contributed by atoms with Crippen molar-refractivity contribution >= 4 is 11.9 Å². The van der Waals surface area contributed by atoms with Gasteiger partial charge in [0.2, 0.25) is 0 Å². The van der Waals surface area contributed by atoms with Crippen LogP contribution in [0, 0.1) is 17.2 Å². The van der Waals surface area contributed by atoms with Crippen molar-refractivity contribution in [2.75, 3.05) is 13.2 Å². The Morgan fingerprint density at radius 1 is 1.21 bits per heavy atom. The number of hydrogen-bond acceptors (Lipinski definition) is 4. The number of ether oxygens (including phenoxy) is 2. The molecule has 0 saturated heterocycles. The molecule has 0 heterocycles. The molecule has 0 spiro atoms. The molecule has 80 valence electrons. The van der Waals surface area contributed by atoms with E-state index < -0.39 is 0 Å². The minimum absolute atomic E-state index is 0.0472. The first-order valence-corrected chi connectivity index (χ1v) is 5.08. The van der Waals surface area contributed by atoms with Crippen LogP contribution in [-0.4, -0.2) is 25.1 Å². The van der Waals surface area contributed by atoms with Gasteiger partial charge in [0.25, 0.3) is 0 Å². The molecule has 4 nitrogen and oxygen atoms in total.